The van der Waals surface area contributed by atoms with Gasteiger partial charge in [-0.3, -0.25) is 4.79 Å². The van der Waals surface area contributed by atoms with Crippen LogP contribution in [0.2, 0.25) is 0 Å². The lowest BCUT2D eigenvalue weighted by Gasteiger charge is -2.11. The Hall–Kier alpha value is -2.89. The van der Waals surface area contributed by atoms with Crippen molar-refractivity contribution in [3.63, 3.8) is 0 Å². The van der Waals surface area contributed by atoms with Gasteiger partial charge in [0.25, 0.3) is 5.91 Å². The van der Waals surface area contributed by atoms with E-state index in [1.807, 2.05) is 26.0 Å². The number of carbonyl (C=O) groups is 1. The highest BCUT2D eigenvalue weighted by Gasteiger charge is 2.14. The van der Waals surface area contributed by atoms with E-state index in [9.17, 15) is 4.79 Å². The molecule has 0 aromatic heterocycles. The minimum atomic E-state index is -0.245. The fourth-order valence-electron chi connectivity index (χ4n) is 2.20. The molecule has 1 aliphatic rings. The van der Waals surface area contributed by atoms with Crippen molar-refractivity contribution >= 4 is 11.6 Å². The van der Waals surface area contributed by atoms with E-state index in [4.69, 9.17) is 18.9 Å². The van der Waals surface area contributed by atoms with Crippen LogP contribution in [0.25, 0.3) is 0 Å². The largest absolute Gasteiger partial charge is 0.491 e. The van der Waals surface area contributed by atoms with E-state index in [1.165, 1.54) is 0 Å². The molecule has 6 nitrogen and oxygen atoms in total. The molecule has 0 saturated carbocycles. The summed E-state index contributed by atoms with van der Waals surface area (Å²) in [5, 5.41) is 2.77. The molecule has 0 atom stereocenters. The van der Waals surface area contributed by atoms with Gasteiger partial charge in [-0.05, 0) is 50.2 Å². The quantitative estimate of drug-likeness (QED) is 0.881. The van der Waals surface area contributed by atoms with Crippen molar-refractivity contribution < 1.29 is 23.7 Å². The average Bonchev–Trinajstić information content (AvgIpc) is 3.02. The van der Waals surface area contributed by atoms with E-state index in [0.717, 1.165) is 5.75 Å². The summed E-state index contributed by atoms with van der Waals surface area (Å²) >= 11 is 0. The maximum Gasteiger partial charge on any atom is 0.262 e. The lowest BCUT2D eigenvalue weighted by atomic mass is 10.3. The van der Waals surface area contributed by atoms with Crippen LogP contribution in [-0.4, -0.2) is 25.4 Å². The number of benzene rings is 2. The molecule has 0 saturated heterocycles. The van der Waals surface area contributed by atoms with Gasteiger partial charge in [0.2, 0.25) is 6.79 Å². The van der Waals surface area contributed by atoms with Gasteiger partial charge in [0.1, 0.15) is 11.5 Å². The van der Waals surface area contributed by atoms with Gasteiger partial charge < -0.3 is 24.3 Å². The number of hydrogen-bond acceptors (Lipinski definition) is 5. The van der Waals surface area contributed by atoms with Gasteiger partial charge in [-0.25, -0.2) is 0 Å². The summed E-state index contributed by atoms with van der Waals surface area (Å²) in [5.41, 5.74) is 0.686. The average molecular weight is 329 g/mol. The van der Waals surface area contributed by atoms with Crippen molar-refractivity contribution in [2.75, 3.05) is 18.7 Å². The topological polar surface area (TPSA) is 66.0 Å². The molecule has 2 aromatic rings. The normalized spacial score (nSPS) is 12.1. The Morgan fingerprint density at radius 1 is 1.08 bits per heavy atom. The van der Waals surface area contributed by atoms with Crippen molar-refractivity contribution in [3.05, 3.63) is 42.5 Å². The number of carbonyl (C=O) groups excluding carboxylic acids is 1. The van der Waals surface area contributed by atoms with Crippen LogP contribution in [0.1, 0.15) is 13.8 Å². The predicted octanol–water partition coefficient (Wildman–Crippen LogP) is 3.22. The number of nitrogens with one attached hydrogen (secondary N) is 1. The molecule has 3 rings (SSSR count). The first-order valence-electron chi connectivity index (χ1n) is 7.69. The molecule has 0 fully saturated rings. The first kappa shape index (κ1) is 16.0. The molecule has 1 N–H and O–H groups in total. The Morgan fingerprint density at radius 3 is 2.54 bits per heavy atom. The SMILES string of the molecule is CC(C)Oc1ccc(NC(=O)COc2ccc3c(c2)OCO3)cc1. The summed E-state index contributed by atoms with van der Waals surface area (Å²) in [4.78, 5) is 12.0. The van der Waals surface area contributed by atoms with Crippen LogP contribution in [0.3, 0.4) is 0 Å². The molecule has 2 aromatic carbocycles. The first-order valence-corrected chi connectivity index (χ1v) is 7.69. The Morgan fingerprint density at radius 2 is 1.79 bits per heavy atom. The molecule has 0 unspecified atom stereocenters. The lowest BCUT2D eigenvalue weighted by molar-refractivity contribution is -0.118. The third-order valence-electron chi connectivity index (χ3n) is 3.22. The summed E-state index contributed by atoms with van der Waals surface area (Å²) in [7, 11) is 0. The highest BCUT2D eigenvalue weighted by Crippen LogP contribution is 2.35. The smallest absolute Gasteiger partial charge is 0.262 e. The molecule has 0 spiro atoms. The molecular formula is C18H19NO5. The van der Waals surface area contributed by atoms with E-state index in [2.05, 4.69) is 5.32 Å². The molecule has 0 bridgehead atoms. The van der Waals surface area contributed by atoms with E-state index in [1.54, 1.807) is 30.3 Å². The van der Waals surface area contributed by atoms with Crippen molar-refractivity contribution in [2.24, 2.45) is 0 Å². The summed E-state index contributed by atoms with van der Waals surface area (Å²) in [6, 6.07) is 12.4. The Bertz CT molecular complexity index is 712. The van der Waals surface area contributed by atoms with Crippen LogP contribution >= 0.6 is 0 Å². The van der Waals surface area contributed by atoms with Crippen molar-refractivity contribution in [1.82, 2.24) is 0 Å². The van der Waals surface area contributed by atoms with Crippen molar-refractivity contribution in [3.8, 4) is 23.0 Å². The second-order valence-corrected chi connectivity index (χ2v) is 5.54. The fraction of sp³-hybridized carbons (Fsp3) is 0.278. The van der Waals surface area contributed by atoms with Crippen LogP contribution in [-0.2, 0) is 4.79 Å². The Kier molecular flexibility index (Phi) is 4.74. The monoisotopic (exact) mass is 329 g/mol. The molecule has 126 valence electrons. The number of rotatable bonds is 6. The van der Waals surface area contributed by atoms with Gasteiger partial charge in [0.05, 0.1) is 6.10 Å². The third kappa shape index (κ3) is 4.10. The first-order chi connectivity index (χ1) is 11.6. The molecule has 1 heterocycles. The van der Waals surface area contributed by atoms with E-state index >= 15 is 0 Å². The maximum atomic E-state index is 12.0. The van der Waals surface area contributed by atoms with Gasteiger partial charge in [0, 0.05) is 11.8 Å². The van der Waals surface area contributed by atoms with Gasteiger partial charge >= 0.3 is 0 Å². The van der Waals surface area contributed by atoms with Crippen molar-refractivity contribution in [1.29, 1.82) is 0 Å². The van der Waals surface area contributed by atoms with Gasteiger partial charge in [-0.1, -0.05) is 0 Å². The Balaban J connectivity index is 1.50. The van der Waals surface area contributed by atoms with Crippen LogP contribution in [0, 0.1) is 0 Å². The van der Waals surface area contributed by atoms with E-state index in [-0.39, 0.29) is 25.4 Å². The number of fused-ring (bicyclic) bond motifs is 1. The number of ether oxygens (including phenoxy) is 4. The molecule has 0 radical (unpaired) electrons. The summed E-state index contributed by atoms with van der Waals surface area (Å²) in [6.45, 7) is 4.03. The third-order valence-corrected chi connectivity index (χ3v) is 3.22. The van der Waals surface area contributed by atoms with Crippen molar-refractivity contribution in [2.45, 2.75) is 20.0 Å². The highest BCUT2D eigenvalue weighted by molar-refractivity contribution is 5.91. The summed E-state index contributed by atoms with van der Waals surface area (Å²) in [5.74, 6) is 2.36. The van der Waals surface area contributed by atoms with Crippen LogP contribution < -0.4 is 24.3 Å². The minimum Gasteiger partial charge on any atom is -0.491 e. The highest BCUT2D eigenvalue weighted by atomic mass is 16.7. The molecular weight excluding hydrogens is 310 g/mol. The van der Waals surface area contributed by atoms with E-state index in [0.29, 0.717) is 22.9 Å². The maximum absolute atomic E-state index is 12.0. The molecule has 6 heteroatoms. The van der Waals surface area contributed by atoms with Crippen LogP contribution in [0.5, 0.6) is 23.0 Å². The second-order valence-electron chi connectivity index (χ2n) is 5.54. The number of amides is 1. The fourth-order valence-corrected chi connectivity index (χ4v) is 2.20. The minimum absolute atomic E-state index is 0.0934. The van der Waals surface area contributed by atoms with E-state index < -0.39 is 0 Å². The summed E-state index contributed by atoms with van der Waals surface area (Å²) < 4.78 is 21.5. The molecule has 0 aliphatic carbocycles. The lowest BCUT2D eigenvalue weighted by Crippen LogP contribution is -2.20. The predicted molar refractivity (Wildman–Crippen MR) is 88.9 cm³/mol. The van der Waals surface area contributed by atoms with Gasteiger partial charge in [-0.15, -0.1) is 0 Å². The molecule has 1 amide bonds. The zero-order valence-corrected chi connectivity index (χ0v) is 13.6. The molecule has 24 heavy (non-hydrogen) atoms. The van der Waals surface area contributed by atoms with Gasteiger partial charge in [0.15, 0.2) is 18.1 Å². The van der Waals surface area contributed by atoms with Crippen LogP contribution in [0.15, 0.2) is 42.5 Å². The van der Waals surface area contributed by atoms with Crippen LogP contribution in [0.4, 0.5) is 5.69 Å². The zero-order valence-electron chi connectivity index (χ0n) is 13.6. The standard InChI is InChI=1S/C18H19NO5/c1-12(2)24-14-5-3-13(4-6-14)19-18(20)10-21-15-7-8-16-17(9-15)23-11-22-16/h3-9,12H,10-11H2,1-2H3,(H,19,20). The van der Waals surface area contributed by atoms with Gasteiger partial charge in [-0.2, -0.15) is 0 Å². The second kappa shape index (κ2) is 7.12. The summed E-state index contributed by atoms with van der Waals surface area (Å²) in [6.07, 6.45) is 0.112. The Labute approximate surface area is 140 Å². The number of hydrogen-bond donors (Lipinski definition) is 1. The zero-order chi connectivity index (χ0) is 16.9. The molecule has 1 aliphatic heterocycles. The number of anilines is 1.